The van der Waals surface area contributed by atoms with Crippen LogP contribution in [0.15, 0.2) is 53.7 Å². The number of aromatic amines is 1. The van der Waals surface area contributed by atoms with E-state index in [-0.39, 0.29) is 32.7 Å². The predicted octanol–water partition coefficient (Wildman–Crippen LogP) is 5.62. The van der Waals surface area contributed by atoms with E-state index in [0.717, 1.165) is 24.4 Å². The molecule has 0 aliphatic heterocycles. The highest BCUT2D eigenvalue weighted by Crippen LogP contribution is 2.34. The van der Waals surface area contributed by atoms with Crippen molar-refractivity contribution in [2.24, 2.45) is 0 Å². The fourth-order valence-electron chi connectivity index (χ4n) is 3.30. The number of nitrogens with one attached hydrogen (secondary N) is 2. The number of aromatic nitrogens is 3. The maximum Gasteiger partial charge on any atom is 0.416 e. The number of fused-ring (bicyclic) bond motifs is 1. The number of aryl methyl sites for hydroxylation is 1. The van der Waals surface area contributed by atoms with Gasteiger partial charge in [-0.3, -0.25) is 9.52 Å². The SMILES string of the molecule is Cc1ccc(S(=O)(=O)Nc2cc(Cl)cnc2C(=O)c2cc(Cl)nc3[nH]ccc23)cc1C(F)(F)F. The van der Waals surface area contributed by atoms with Crippen LogP contribution in [0.1, 0.15) is 27.2 Å². The first kappa shape index (κ1) is 24.0. The number of pyridine rings is 2. The van der Waals surface area contributed by atoms with E-state index in [1.807, 2.05) is 0 Å². The summed E-state index contributed by atoms with van der Waals surface area (Å²) in [6, 6.07) is 6.60. The van der Waals surface area contributed by atoms with Gasteiger partial charge in [-0.25, -0.2) is 18.4 Å². The Morgan fingerprint density at radius 2 is 1.85 bits per heavy atom. The summed E-state index contributed by atoms with van der Waals surface area (Å²) in [5.74, 6) is -0.705. The second-order valence-electron chi connectivity index (χ2n) is 7.19. The van der Waals surface area contributed by atoms with Gasteiger partial charge in [0.25, 0.3) is 10.0 Å². The number of alkyl halides is 3. The third-order valence-electron chi connectivity index (χ3n) is 4.88. The first-order valence-corrected chi connectivity index (χ1v) is 11.7. The number of rotatable bonds is 5. The number of carbonyl (C=O) groups excluding carboxylic acids is 1. The van der Waals surface area contributed by atoms with Crippen LogP contribution >= 0.6 is 23.2 Å². The Labute approximate surface area is 201 Å². The van der Waals surface area contributed by atoms with Gasteiger partial charge in [-0.05, 0) is 42.8 Å². The zero-order valence-corrected chi connectivity index (χ0v) is 19.4. The molecule has 3 aromatic heterocycles. The lowest BCUT2D eigenvalue weighted by molar-refractivity contribution is -0.138. The molecule has 4 aromatic rings. The van der Waals surface area contributed by atoms with Gasteiger partial charge < -0.3 is 4.98 Å². The van der Waals surface area contributed by atoms with E-state index in [0.29, 0.717) is 17.1 Å². The molecule has 0 amide bonds. The molecule has 0 unspecified atom stereocenters. The van der Waals surface area contributed by atoms with Gasteiger partial charge in [0.2, 0.25) is 5.78 Å². The summed E-state index contributed by atoms with van der Waals surface area (Å²) >= 11 is 12.0. The van der Waals surface area contributed by atoms with Gasteiger partial charge in [-0.2, -0.15) is 13.2 Å². The molecule has 176 valence electrons. The minimum atomic E-state index is -4.75. The van der Waals surface area contributed by atoms with E-state index in [4.69, 9.17) is 23.2 Å². The number of sulfonamides is 1. The standard InChI is InChI=1S/C21H13Cl2F3N4O3S/c1-10-2-3-12(7-15(10)21(24,25)26)34(32,33)30-16-6-11(22)9-28-18(16)19(31)14-8-17(23)29-20-13(14)4-5-27-20/h2-9,30H,1H3,(H,27,29). The van der Waals surface area contributed by atoms with Crippen molar-refractivity contribution in [2.75, 3.05) is 4.72 Å². The van der Waals surface area contributed by atoms with Crippen LogP contribution in [-0.4, -0.2) is 29.2 Å². The molecule has 0 spiro atoms. The van der Waals surface area contributed by atoms with E-state index in [1.165, 1.54) is 13.0 Å². The third-order valence-corrected chi connectivity index (χ3v) is 6.64. The highest BCUT2D eigenvalue weighted by Gasteiger charge is 2.34. The fraction of sp³-hybridized carbons (Fsp3) is 0.0952. The monoisotopic (exact) mass is 528 g/mol. The van der Waals surface area contributed by atoms with Crippen molar-refractivity contribution < 1.29 is 26.4 Å². The van der Waals surface area contributed by atoms with Gasteiger partial charge in [-0.15, -0.1) is 0 Å². The average Bonchev–Trinajstić information content (AvgIpc) is 3.20. The van der Waals surface area contributed by atoms with Crippen molar-refractivity contribution in [3.8, 4) is 0 Å². The quantitative estimate of drug-likeness (QED) is 0.258. The highest BCUT2D eigenvalue weighted by molar-refractivity contribution is 7.92. The number of anilines is 1. The summed E-state index contributed by atoms with van der Waals surface area (Å²) < 4.78 is 67.9. The Hall–Kier alpha value is -3.15. The van der Waals surface area contributed by atoms with E-state index in [2.05, 4.69) is 19.7 Å². The summed E-state index contributed by atoms with van der Waals surface area (Å²) in [5.41, 5.74) is -1.48. The lowest BCUT2D eigenvalue weighted by Crippen LogP contribution is -2.18. The number of nitrogens with zero attached hydrogens (tertiary/aromatic N) is 2. The Morgan fingerprint density at radius 1 is 1.12 bits per heavy atom. The molecule has 0 saturated carbocycles. The minimum Gasteiger partial charge on any atom is -0.346 e. The molecule has 0 aliphatic carbocycles. The van der Waals surface area contributed by atoms with E-state index in [9.17, 15) is 26.4 Å². The number of halogens is 5. The van der Waals surface area contributed by atoms with Crippen LogP contribution in [0.2, 0.25) is 10.2 Å². The van der Waals surface area contributed by atoms with Gasteiger partial charge in [0.15, 0.2) is 0 Å². The van der Waals surface area contributed by atoms with Crippen molar-refractivity contribution in [3.05, 3.63) is 81.4 Å². The summed E-state index contributed by atoms with van der Waals surface area (Å²) in [6.07, 6.45) is -2.08. The van der Waals surface area contributed by atoms with Crippen LogP contribution in [0.5, 0.6) is 0 Å². The summed E-state index contributed by atoms with van der Waals surface area (Å²) in [5, 5.41) is 0.413. The van der Waals surface area contributed by atoms with Gasteiger partial charge in [0.1, 0.15) is 16.5 Å². The molecule has 0 bridgehead atoms. The number of hydrogen-bond acceptors (Lipinski definition) is 5. The Bertz CT molecular complexity index is 1550. The predicted molar refractivity (Wildman–Crippen MR) is 121 cm³/mol. The number of ketones is 1. The topological polar surface area (TPSA) is 105 Å². The Kier molecular flexibility index (Phi) is 6.05. The molecular formula is C21H13Cl2F3N4O3S. The molecule has 2 N–H and O–H groups in total. The molecule has 1 aromatic carbocycles. The average molecular weight is 529 g/mol. The number of benzene rings is 1. The summed E-state index contributed by atoms with van der Waals surface area (Å²) in [7, 11) is -4.55. The molecule has 0 aliphatic rings. The van der Waals surface area contributed by atoms with Crippen molar-refractivity contribution >= 4 is 55.7 Å². The molecule has 3 heterocycles. The first-order chi connectivity index (χ1) is 15.9. The first-order valence-electron chi connectivity index (χ1n) is 9.41. The van der Waals surface area contributed by atoms with Crippen LogP contribution in [0, 0.1) is 6.92 Å². The summed E-state index contributed by atoms with van der Waals surface area (Å²) in [6.45, 7) is 1.21. The van der Waals surface area contributed by atoms with Crippen molar-refractivity contribution in [2.45, 2.75) is 18.0 Å². The van der Waals surface area contributed by atoms with Gasteiger partial charge in [0.05, 0.1) is 21.2 Å². The maximum atomic E-state index is 13.3. The Balaban J connectivity index is 1.79. The second kappa shape index (κ2) is 8.57. The van der Waals surface area contributed by atoms with Crippen LogP contribution in [-0.2, 0) is 16.2 Å². The normalized spacial score (nSPS) is 12.2. The fourth-order valence-corrected chi connectivity index (χ4v) is 4.73. The molecule has 7 nitrogen and oxygen atoms in total. The number of carbonyl (C=O) groups is 1. The van der Waals surface area contributed by atoms with Crippen molar-refractivity contribution in [1.82, 2.24) is 15.0 Å². The second-order valence-corrected chi connectivity index (χ2v) is 9.70. The minimum absolute atomic E-state index is 0.00584. The van der Waals surface area contributed by atoms with Gasteiger partial charge >= 0.3 is 6.18 Å². The number of H-pyrrole nitrogens is 1. The molecule has 0 radical (unpaired) electrons. The molecule has 0 fully saturated rings. The lowest BCUT2D eigenvalue weighted by Gasteiger charge is -2.15. The number of hydrogen-bond donors (Lipinski definition) is 2. The van der Waals surface area contributed by atoms with Crippen molar-refractivity contribution in [1.29, 1.82) is 0 Å². The maximum absolute atomic E-state index is 13.3. The van der Waals surface area contributed by atoms with E-state index < -0.39 is 32.4 Å². The smallest absolute Gasteiger partial charge is 0.346 e. The van der Waals surface area contributed by atoms with Gasteiger partial charge in [0, 0.05) is 23.3 Å². The zero-order chi connectivity index (χ0) is 24.8. The Morgan fingerprint density at radius 3 is 2.56 bits per heavy atom. The van der Waals surface area contributed by atoms with Crippen LogP contribution in [0.3, 0.4) is 0 Å². The van der Waals surface area contributed by atoms with Gasteiger partial charge in [-0.1, -0.05) is 29.3 Å². The lowest BCUT2D eigenvalue weighted by atomic mass is 10.0. The largest absolute Gasteiger partial charge is 0.416 e. The molecule has 0 saturated heterocycles. The molecule has 34 heavy (non-hydrogen) atoms. The van der Waals surface area contributed by atoms with Crippen LogP contribution in [0.4, 0.5) is 18.9 Å². The molecule has 13 heteroatoms. The van der Waals surface area contributed by atoms with E-state index >= 15 is 0 Å². The van der Waals surface area contributed by atoms with Crippen LogP contribution < -0.4 is 4.72 Å². The van der Waals surface area contributed by atoms with E-state index in [1.54, 1.807) is 12.3 Å². The molecular weight excluding hydrogens is 516 g/mol. The third kappa shape index (κ3) is 4.59. The zero-order valence-electron chi connectivity index (χ0n) is 17.0. The highest BCUT2D eigenvalue weighted by atomic mass is 35.5. The molecule has 0 atom stereocenters. The van der Waals surface area contributed by atoms with Crippen LogP contribution in [0.25, 0.3) is 11.0 Å². The van der Waals surface area contributed by atoms with Crippen molar-refractivity contribution in [3.63, 3.8) is 0 Å². The summed E-state index contributed by atoms with van der Waals surface area (Å²) in [4.78, 5) is 23.5. The molecule has 4 rings (SSSR count).